The summed E-state index contributed by atoms with van der Waals surface area (Å²) < 4.78 is 57.0. The lowest BCUT2D eigenvalue weighted by molar-refractivity contribution is 0.00961. The Morgan fingerprint density at radius 3 is 2.12 bits per heavy atom. The van der Waals surface area contributed by atoms with Crippen LogP contribution in [0.25, 0.3) is 0 Å². The highest BCUT2D eigenvalue weighted by Crippen LogP contribution is 2.52. The van der Waals surface area contributed by atoms with E-state index in [1.807, 2.05) is 30.3 Å². The molecule has 4 rings (SSSR count). The van der Waals surface area contributed by atoms with Gasteiger partial charge in [-0.15, -0.1) is 0 Å². The fourth-order valence-electron chi connectivity index (χ4n) is 5.14. The van der Waals surface area contributed by atoms with Crippen LogP contribution < -0.4 is 5.32 Å². The predicted molar refractivity (Wildman–Crippen MR) is 120 cm³/mol. The Kier molecular flexibility index (Phi) is 6.06. The highest BCUT2D eigenvalue weighted by Gasteiger charge is 2.55. The van der Waals surface area contributed by atoms with Crippen LogP contribution in [0.5, 0.6) is 0 Å². The van der Waals surface area contributed by atoms with E-state index in [4.69, 9.17) is 0 Å². The minimum atomic E-state index is -3.45. The van der Waals surface area contributed by atoms with Crippen molar-refractivity contribution < 1.29 is 22.4 Å². The Morgan fingerprint density at radius 2 is 1.61 bits per heavy atom. The van der Waals surface area contributed by atoms with Crippen molar-refractivity contribution in [1.82, 2.24) is 10.2 Å². The standard InChI is InChI=1S/C26H30F4N2O/c1-17-15-19(24(2,27)28)16-20(25(3,29)30)21(17)23(33)31-22(18-9-5-4-6-10-18)26(11-12-26)32-13-7-8-14-32/h4-6,9-10,15-16,22H,7-8,11-14H2,1-3H3,(H,31,33). The molecule has 2 aromatic rings. The monoisotopic (exact) mass is 462 g/mol. The summed E-state index contributed by atoms with van der Waals surface area (Å²) in [6.07, 6.45) is 4.00. The van der Waals surface area contributed by atoms with Gasteiger partial charge in [-0.25, -0.2) is 17.6 Å². The molecule has 2 aliphatic rings. The number of alkyl halides is 4. The molecule has 178 valence electrons. The molecule has 2 fully saturated rings. The summed E-state index contributed by atoms with van der Waals surface area (Å²) >= 11 is 0. The van der Waals surface area contributed by atoms with E-state index >= 15 is 0 Å². The van der Waals surface area contributed by atoms with E-state index < -0.39 is 28.9 Å². The molecule has 1 aliphatic carbocycles. The highest BCUT2D eigenvalue weighted by molar-refractivity contribution is 5.98. The quantitative estimate of drug-likeness (QED) is 0.489. The number of amides is 1. The van der Waals surface area contributed by atoms with Gasteiger partial charge in [-0.05, 0) is 69.0 Å². The van der Waals surface area contributed by atoms with E-state index in [1.165, 1.54) is 6.92 Å². The lowest BCUT2D eigenvalue weighted by atomic mass is 9.91. The number of hydrogen-bond donors (Lipinski definition) is 1. The molecule has 0 radical (unpaired) electrons. The Balaban J connectivity index is 1.75. The molecule has 33 heavy (non-hydrogen) atoms. The van der Waals surface area contributed by atoms with E-state index in [1.54, 1.807) is 0 Å². The van der Waals surface area contributed by atoms with Crippen LogP contribution >= 0.6 is 0 Å². The van der Waals surface area contributed by atoms with Crippen LogP contribution in [0.3, 0.4) is 0 Å². The minimum Gasteiger partial charge on any atom is -0.343 e. The van der Waals surface area contributed by atoms with Gasteiger partial charge in [-0.3, -0.25) is 9.69 Å². The van der Waals surface area contributed by atoms with Crippen LogP contribution in [0.4, 0.5) is 17.6 Å². The third-order valence-electron chi connectivity index (χ3n) is 6.99. The average Bonchev–Trinajstić information content (AvgIpc) is 3.34. The van der Waals surface area contributed by atoms with Crippen LogP contribution in [0.2, 0.25) is 0 Å². The fourth-order valence-corrected chi connectivity index (χ4v) is 5.14. The first-order chi connectivity index (χ1) is 15.4. The number of hydrogen-bond acceptors (Lipinski definition) is 2. The maximum Gasteiger partial charge on any atom is 0.271 e. The van der Waals surface area contributed by atoms with Crippen molar-refractivity contribution in [2.75, 3.05) is 13.1 Å². The van der Waals surface area contributed by atoms with Crippen LogP contribution in [-0.2, 0) is 11.8 Å². The summed E-state index contributed by atoms with van der Waals surface area (Å²) in [5, 5.41) is 3.04. The van der Waals surface area contributed by atoms with Gasteiger partial charge in [0.05, 0.1) is 11.6 Å². The first kappa shape index (κ1) is 23.7. The van der Waals surface area contributed by atoms with Gasteiger partial charge in [0.15, 0.2) is 0 Å². The number of aryl methyl sites for hydroxylation is 1. The third-order valence-corrected chi connectivity index (χ3v) is 6.99. The zero-order chi connectivity index (χ0) is 24.0. The van der Waals surface area contributed by atoms with Crippen molar-refractivity contribution >= 4 is 5.91 Å². The van der Waals surface area contributed by atoms with Crippen LogP contribution in [-0.4, -0.2) is 29.4 Å². The van der Waals surface area contributed by atoms with Gasteiger partial charge in [0.1, 0.15) is 0 Å². The smallest absolute Gasteiger partial charge is 0.271 e. The SMILES string of the molecule is Cc1cc(C(C)(F)F)cc(C(C)(F)F)c1C(=O)NC(c1ccccc1)C1(N2CCCC2)CC1. The van der Waals surface area contributed by atoms with Crippen molar-refractivity contribution in [2.24, 2.45) is 0 Å². The van der Waals surface area contributed by atoms with Gasteiger partial charge in [-0.1, -0.05) is 30.3 Å². The summed E-state index contributed by atoms with van der Waals surface area (Å²) in [5.41, 5.74) is -0.645. The maximum absolute atomic E-state index is 14.5. The average molecular weight is 463 g/mol. The van der Waals surface area contributed by atoms with Gasteiger partial charge in [-0.2, -0.15) is 0 Å². The van der Waals surface area contributed by atoms with E-state index in [2.05, 4.69) is 10.2 Å². The van der Waals surface area contributed by atoms with Crippen molar-refractivity contribution in [1.29, 1.82) is 0 Å². The molecule has 0 aromatic heterocycles. The predicted octanol–water partition coefficient (Wildman–Crippen LogP) is 6.32. The largest absolute Gasteiger partial charge is 0.343 e. The van der Waals surface area contributed by atoms with Crippen molar-refractivity contribution in [3.63, 3.8) is 0 Å². The van der Waals surface area contributed by atoms with Gasteiger partial charge in [0.25, 0.3) is 17.8 Å². The molecular formula is C26H30F4N2O. The molecule has 0 spiro atoms. The van der Waals surface area contributed by atoms with E-state index in [0.29, 0.717) is 13.8 Å². The molecule has 1 amide bonds. The number of nitrogens with one attached hydrogen (secondary N) is 1. The van der Waals surface area contributed by atoms with Gasteiger partial charge in [0, 0.05) is 30.5 Å². The fraction of sp³-hybridized carbons (Fsp3) is 0.500. The summed E-state index contributed by atoms with van der Waals surface area (Å²) in [4.78, 5) is 15.9. The first-order valence-corrected chi connectivity index (χ1v) is 11.5. The maximum atomic E-state index is 14.5. The number of likely N-dealkylation sites (tertiary alicyclic amines) is 1. The second-order valence-corrected chi connectivity index (χ2v) is 9.61. The molecule has 1 heterocycles. The number of benzene rings is 2. The Hall–Kier alpha value is -2.41. The topological polar surface area (TPSA) is 32.3 Å². The zero-order valence-electron chi connectivity index (χ0n) is 19.2. The normalized spacial score (nSPS) is 19.4. The molecule has 1 N–H and O–H groups in total. The summed E-state index contributed by atoms with van der Waals surface area (Å²) in [6, 6.07) is 11.1. The molecule has 1 unspecified atom stereocenters. The molecule has 1 aliphatic heterocycles. The van der Waals surface area contributed by atoms with Gasteiger partial charge < -0.3 is 5.32 Å². The second kappa shape index (κ2) is 8.42. The van der Waals surface area contributed by atoms with Gasteiger partial charge >= 0.3 is 0 Å². The lowest BCUT2D eigenvalue weighted by Crippen LogP contribution is -2.47. The summed E-state index contributed by atoms with van der Waals surface area (Å²) in [6.45, 7) is 4.62. The first-order valence-electron chi connectivity index (χ1n) is 11.5. The highest BCUT2D eigenvalue weighted by atomic mass is 19.3. The molecular weight excluding hydrogens is 432 g/mol. The Labute approximate surface area is 192 Å². The summed E-state index contributed by atoms with van der Waals surface area (Å²) in [5.74, 6) is -7.40. The zero-order valence-corrected chi connectivity index (χ0v) is 19.2. The molecule has 1 saturated heterocycles. The van der Waals surface area contributed by atoms with Crippen LogP contribution in [0, 0.1) is 6.92 Å². The molecule has 1 saturated carbocycles. The Bertz CT molecular complexity index is 1020. The van der Waals surface area contributed by atoms with E-state index in [-0.39, 0.29) is 22.7 Å². The Morgan fingerprint density at radius 1 is 1.00 bits per heavy atom. The van der Waals surface area contributed by atoms with Crippen LogP contribution in [0.15, 0.2) is 42.5 Å². The molecule has 1 atom stereocenters. The molecule has 3 nitrogen and oxygen atoms in total. The van der Waals surface area contributed by atoms with Crippen LogP contribution in [0.1, 0.15) is 78.2 Å². The third kappa shape index (κ3) is 4.65. The van der Waals surface area contributed by atoms with Gasteiger partial charge in [0.2, 0.25) is 0 Å². The molecule has 7 heteroatoms. The summed E-state index contributed by atoms with van der Waals surface area (Å²) in [7, 11) is 0. The number of carbonyl (C=O) groups excluding carboxylic acids is 1. The number of nitrogens with zero attached hydrogens (tertiary/aromatic N) is 1. The number of halogens is 4. The van der Waals surface area contributed by atoms with E-state index in [9.17, 15) is 22.4 Å². The minimum absolute atomic E-state index is 0.112. The number of carbonyl (C=O) groups is 1. The second-order valence-electron chi connectivity index (χ2n) is 9.61. The van der Waals surface area contributed by atoms with Crippen molar-refractivity contribution in [3.05, 3.63) is 70.3 Å². The molecule has 2 aromatic carbocycles. The lowest BCUT2D eigenvalue weighted by Gasteiger charge is -2.36. The molecule has 0 bridgehead atoms. The van der Waals surface area contributed by atoms with Crippen molar-refractivity contribution in [3.8, 4) is 0 Å². The van der Waals surface area contributed by atoms with Crippen molar-refractivity contribution in [2.45, 2.75) is 69.9 Å². The van der Waals surface area contributed by atoms with E-state index in [0.717, 1.165) is 56.5 Å². The number of rotatable bonds is 7.